The maximum absolute atomic E-state index is 12.8. The molecular weight excluding hydrogens is 436 g/mol. The number of carbonyl (C=O) groups excluding carboxylic acids is 1. The van der Waals surface area contributed by atoms with E-state index in [1.165, 1.54) is 44.5 Å². The number of ether oxygens (including phenoxy) is 1. The van der Waals surface area contributed by atoms with Crippen LogP contribution in [0.5, 0.6) is 5.75 Å². The number of amides is 1. The van der Waals surface area contributed by atoms with Gasteiger partial charge >= 0.3 is 0 Å². The fourth-order valence-electron chi connectivity index (χ4n) is 2.39. The van der Waals surface area contributed by atoms with Crippen LogP contribution < -0.4 is 10.2 Å². The fourth-order valence-corrected chi connectivity index (χ4v) is 3.92. The molecule has 0 spiro atoms. The van der Waals surface area contributed by atoms with E-state index >= 15 is 0 Å². The minimum Gasteiger partial charge on any atom is -0.495 e. The molecule has 0 unspecified atom stereocenters. The molecule has 30 heavy (non-hydrogen) atoms. The van der Waals surface area contributed by atoms with E-state index in [9.17, 15) is 23.3 Å². The average Bonchev–Trinajstić information content (AvgIpc) is 2.69. The molecule has 0 saturated carbocycles. The van der Waals surface area contributed by atoms with Gasteiger partial charge in [0.05, 0.1) is 24.8 Å². The number of rotatable bonds is 8. The summed E-state index contributed by atoms with van der Waals surface area (Å²) in [6.07, 6.45) is 1.13. The number of nitro benzene ring substituents is 1. The predicted octanol–water partition coefficient (Wildman–Crippen LogP) is 2.34. The maximum atomic E-state index is 12.8. The zero-order valence-corrected chi connectivity index (χ0v) is 17.9. The van der Waals surface area contributed by atoms with E-state index in [-0.39, 0.29) is 26.9 Å². The van der Waals surface area contributed by atoms with Gasteiger partial charge in [-0.05, 0) is 30.7 Å². The Morgan fingerprint density at radius 1 is 1.33 bits per heavy atom. The van der Waals surface area contributed by atoms with Crippen molar-refractivity contribution < 1.29 is 22.9 Å². The lowest BCUT2D eigenvalue weighted by Gasteiger charge is -2.18. The minimum atomic E-state index is -4.00. The second kappa shape index (κ2) is 9.65. The Kier molecular flexibility index (Phi) is 7.48. The maximum Gasteiger partial charge on any atom is 0.270 e. The first-order valence-corrected chi connectivity index (χ1v) is 10.2. The first-order valence-electron chi connectivity index (χ1n) is 8.43. The van der Waals surface area contributed by atoms with Crippen LogP contribution >= 0.6 is 11.6 Å². The first kappa shape index (κ1) is 23.3. The molecule has 1 N–H and O–H groups in total. The molecule has 2 aromatic rings. The van der Waals surface area contributed by atoms with Crippen LogP contribution in [-0.2, 0) is 14.8 Å². The fraction of sp³-hybridized carbons (Fsp3) is 0.222. The van der Waals surface area contributed by atoms with E-state index in [2.05, 4.69) is 10.5 Å². The number of hydrazone groups is 1. The van der Waals surface area contributed by atoms with Crippen molar-refractivity contribution in [3.8, 4) is 5.75 Å². The van der Waals surface area contributed by atoms with Crippen molar-refractivity contribution >= 4 is 39.4 Å². The van der Waals surface area contributed by atoms with Gasteiger partial charge in [-0.3, -0.25) is 14.9 Å². The van der Waals surface area contributed by atoms with Crippen LogP contribution in [0.2, 0.25) is 5.02 Å². The zero-order chi connectivity index (χ0) is 22.5. The summed E-state index contributed by atoms with van der Waals surface area (Å²) in [4.78, 5) is 22.3. The molecule has 12 heteroatoms. The lowest BCUT2D eigenvalue weighted by atomic mass is 10.2. The number of likely N-dealkylation sites (N-methyl/N-ethyl adjacent to an activating group) is 1. The van der Waals surface area contributed by atoms with Gasteiger partial charge in [0.1, 0.15) is 10.6 Å². The molecule has 0 bridgehead atoms. The van der Waals surface area contributed by atoms with E-state index in [0.29, 0.717) is 5.56 Å². The molecule has 0 fully saturated rings. The average molecular weight is 455 g/mol. The van der Waals surface area contributed by atoms with Crippen molar-refractivity contribution in [1.82, 2.24) is 9.73 Å². The SMILES string of the molecule is COc1ccc(C)cc1S(=O)(=O)N(C)CC(=O)NN=Cc1cc([N+](=O)[O-])ccc1Cl. The van der Waals surface area contributed by atoms with E-state index in [0.717, 1.165) is 10.5 Å². The molecule has 0 heterocycles. The molecule has 1 amide bonds. The van der Waals surface area contributed by atoms with Crippen LogP contribution in [0.15, 0.2) is 46.4 Å². The topological polar surface area (TPSA) is 131 Å². The van der Waals surface area contributed by atoms with Crippen LogP contribution in [-0.4, -0.2) is 50.5 Å². The van der Waals surface area contributed by atoms with Gasteiger partial charge in [0.25, 0.3) is 11.6 Å². The van der Waals surface area contributed by atoms with Gasteiger partial charge < -0.3 is 4.74 Å². The number of non-ortho nitro benzene ring substituents is 1. The van der Waals surface area contributed by atoms with Crippen molar-refractivity contribution in [2.45, 2.75) is 11.8 Å². The summed E-state index contributed by atoms with van der Waals surface area (Å²) in [5.74, 6) is -0.559. The van der Waals surface area contributed by atoms with E-state index in [1.807, 2.05) is 0 Å². The third kappa shape index (κ3) is 5.53. The molecular formula is C18H19ClN4O6S. The summed E-state index contributed by atoms with van der Waals surface area (Å²) < 4.78 is 31.5. The number of benzene rings is 2. The summed E-state index contributed by atoms with van der Waals surface area (Å²) in [6.45, 7) is 1.22. The zero-order valence-electron chi connectivity index (χ0n) is 16.3. The Hall–Kier alpha value is -3.02. The molecule has 2 aromatic carbocycles. The van der Waals surface area contributed by atoms with Crippen LogP contribution in [0.1, 0.15) is 11.1 Å². The molecule has 0 aliphatic heterocycles. The Morgan fingerprint density at radius 2 is 2.03 bits per heavy atom. The summed E-state index contributed by atoms with van der Waals surface area (Å²) in [7, 11) is -1.40. The highest BCUT2D eigenvalue weighted by atomic mass is 35.5. The quantitative estimate of drug-likeness (QED) is 0.370. The Morgan fingerprint density at radius 3 is 2.67 bits per heavy atom. The summed E-state index contributed by atoms with van der Waals surface area (Å²) in [5, 5.41) is 14.7. The van der Waals surface area contributed by atoms with Gasteiger partial charge in [-0.15, -0.1) is 0 Å². The van der Waals surface area contributed by atoms with Crippen molar-refractivity contribution in [3.63, 3.8) is 0 Å². The third-order valence-corrected chi connectivity index (χ3v) is 6.13. The van der Waals surface area contributed by atoms with Crippen LogP contribution in [0.25, 0.3) is 0 Å². The molecule has 2 rings (SSSR count). The Balaban J connectivity index is 2.10. The number of hydrogen-bond donors (Lipinski definition) is 1. The number of nitro groups is 1. The second-order valence-electron chi connectivity index (χ2n) is 6.17. The van der Waals surface area contributed by atoms with Crippen molar-refractivity contribution in [1.29, 1.82) is 0 Å². The first-order chi connectivity index (χ1) is 14.1. The second-order valence-corrected chi connectivity index (χ2v) is 8.59. The van der Waals surface area contributed by atoms with Gasteiger partial charge in [0.15, 0.2) is 0 Å². The minimum absolute atomic E-state index is 0.0628. The normalized spacial score (nSPS) is 11.6. The number of hydrogen-bond acceptors (Lipinski definition) is 7. The Labute approximate surface area is 178 Å². The standard InChI is InChI=1S/C18H19ClN4O6S/c1-12-4-7-16(29-3)17(8-12)30(27,28)22(2)11-18(24)21-20-10-13-9-14(23(25)26)5-6-15(13)19/h4-10H,11H2,1-3H3,(H,21,24). The number of carbonyl (C=O) groups is 1. The highest BCUT2D eigenvalue weighted by Crippen LogP contribution is 2.27. The van der Waals surface area contributed by atoms with Crippen LogP contribution in [0.4, 0.5) is 5.69 Å². The number of halogens is 1. The molecule has 0 aliphatic rings. The van der Waals surface area contributed by atoms with Gasteiger partial charge in [-0.1, -0.05) is 17.7 Å². The molecule has 10 nitrogen and oxygen atoms in total. The van der Waals surface area contributed by atoms with E-state index < -0.39 is 27.4 Å². The smallest absolute Gasteiger partial charge is 0.270 e. The number of nitrogens with one attached hydrogen (secondary N) is 1. The van der Waals surface area contributed by atoms with Crippen molar-refractivity contribution in [3.05, 3.63) is 62.7 Å². The highest BCUT2D eigenvalue weighted by molar-refractivity contribution is 7.89. The summed E-state index contributed by atoms with van der Waals surface area (Å²) in [5.41, 5.74) is 2.91. The molecule has 0 aliphatic carbocycles. The monoisotopic (exact) mass is 454 g/mol. The van der Waals surface area contributed by atoms with Gasteiger partial charge in [0, 0.05) is 29.8 Å². The van der Waals surface area contributed by atoms with E-state index in [1.54, 1.807) is 13.0 Å². The van der Waals surface area contributed by atoms with Gasteiger partial charge in [0.2, 0.25) is 10.0 Å². The third-order valence-electron chi connectivity index (χ3n) is 3.96. The van der Waals surface area contributed by atoms with E-state index in [4.69, 9.17) is 16.3 Å². The highest BCUT2D eigenvalue weighted by Gasteiger charge is 2.26. The molecule has 0 saturated heterocycles. The number of aryl methyl sites for hydroxylation is 1. The molecule has 160 valence electrons. The number of sulfonamides is 1. The van der Waals surface area contributed by atoms with Gasteiger partial charge in [-0.2, -0.15) is 9.41 Å². The van der Waals surface area contributed by atoms with Crippen molar-refractivity contribution in [2.75, 3.05) is 20.7 Å². The largest absolute Gasteiger partial charge is 0.495 e. The van der Waals surface area contributed by atoms with Crippen LogP contribution in [0, 0.1) is 17.0 Å². The molecule has 0 atom stereocenters. The lowest BCUT2D eigenvalue weighted by molar-refractivity contribution is -0.384. The summed E-state index contributed by atoms with van der Waals surface area (Å²) >= 11 is 5.94. The lowest BCUT2D eigenvalue weighted by Crippen LogP contribution is -2.36. The van der Waals surface area contributed by atoms with Crippen LogP contribution in [0.3, 0.4) is 0 Å². The molecule has 0 radical (unpaired) electrons. The Bertz CT molecular complexity index is 1100. The number of methoxy groups -OCH3 is 1. The number of nitrogens with zero attached hydrogens (tertiary/aromatic N) is 3. The van der Waals surface area contributed by atoms with Gasteiger partial charge in [-0.25, -0.2) is 13.8 Å². The van der Waals surface area contributed by atoms with Crippen molar-refractivity contribution in [2.24, 2.45) is 5.10 Å². The summed E-state index contributed by atoms with van der Waals surface area (Å²) in [6, 6.07) is 8.45. The molecule has 0 aromatic heterocycles. The predicted molar refractivity (Wildman–Crippen MR) is 111 cm³/mol.